The van der Waals surface area contributed by atoms with E-state index in [1.807, 2.05) is 0 Å². The maximum Gasteiger partial charge on any atom is 0.120 e. The van der Waals surface area contributed by atoms with E-state index in [1.54, 1.807) is 5.57 Å². The van der Waals surface area contributed by atoms with Gasteiger partial charge in [-0.1, -0.05) is 45.8 Å². The van der Waals surface area contributed by atoms with Gasteiger partial charge in [0.05, 0.1) is 0 Å². The van der Waals surface area contributed by atoms with Crippen LogP contribution in [0.4, 0.5) is 0 Å². The number of hydrogen-bond donors (Lipinski definition) is 0. The number of carbonyl (C=O) groups excluding carboxylic acids is 1. The van der Waals surface area contributed by atoms with Gasteiger partial charge in [0.1, 0.15) is 6.29 Å². The molecule has 0 N–H and O–H groups in total. The Hall–Kier alpha value is -0.590. The number of fused-ring (bicyclic) bond motifs is 1. The number of hydrogen-bond acceptors (Lipinski definition) is 1. The molecule has 0 radical (unpaired) electrons. The SMILES string of the molecule is C[C@@H]1CC=C2[C@@H](CCCC2(C)C)[C@@]1(C)CC=O. The average molecular weight is 234 g/mol. The van der Waals surface area contributed by atoms with Crippen molar-refractivity contribution in [2.45, 2.75) is 59.8 Å². The van der Waals surface area contributed by atoms with Gasteiger partial charge >= 0.3 is 0 Å². The van der Waals surface area contributed by atoms with Gasteiger partial charge in [0.15, 0.2) is 0 Å². The van der Waals surface area contributed by atoms with Crippen LogP contribution in [0, 0.1) is 22.7 Å². The molecule has 0 aromatic rings. The summed E-state index contributed by atoms with van der Waals surface area (Å²) >= 11 is 0. The van der Waals surface area contributed by atoms with Gasteiger partial charge in [-0.2, -0.15) is 0 Å². The Bertz CT molecular complexity index is 339. The second kappa shape index (κ2) is 4.26. The Labute approximate surface area is 106 Å². The molecule has 1 saturated carbocycles. The summed E-state index contributed by atoms with van der Waals surface area (Å²) in [6.45, 7) is 9.41. The maximum absolute atomic E-state index is 11.0. The summed E-state index contributed by atoms with van der Waals surface area (Å²) in [5, 5.41) is 0. The summed E-state index contributed by atoms with van der Waals surface area (Å²) < 4.78 is 0. The van der Waals surface area contributed by atoms with E-state index in [2.05, 4.69) is 33.8 Å². The molecule has 1 heteroatoms. The molecule has 0 aliphatic heterocycles. The lowest BCUT2D eigenvalue weighted by molar-refractivity contribution is -0.111. The van der Waals surface area contributed by atoms with Crippen LogP contribution in [0.2, 0.25) is 0 Å². The van der Waals surface area contributed by atoms with E-state index in [0.717, 1.165) is 19.1 Å². The van der Waals surface area contributed by atoms with E-state index in [4.69, 9.17) is 0 Å². The molecule has 1 nitrogen and oxygen atoms in total. The first-order valence-electron chi connectivity index (χ1n) is 7.06. The maximum atomic E-state index is 11.0. The molecular formula is C16H26O. The Morgan fingerprint density at radius 1 is 1.41 bits per heavy atom. The molecule has 0 heterocycles. The zero-order valence-electron chi connectivity index (χ0n) is 11.8. The van der Waals surface area contributed by atoms with Gasteiger partial charge in [0.2, 0.25) is 0 Å². The summed E-state index contributed by atoms with van der Waals surface area (Å²) in [6, 6.07) is 0. The van der Waals surface area contributed by atoms with E-state index in [0.29, 0.717) is 17.3 Å². The highest BCUT2D eigenvalue weighted by Gasteiger charge is 2.47. The average Bonchev–Trinajstić information content (AvgIpc) is 2.24. The monoisotopic (exact) mass is 234 g/mol. The molecule has 1 fully saturated rings. The minimum absolute atomic E-state index is 0.198. The third-order valence-electron chi connectivity index (χ3n) is 5.59. The summed E-state index contributed by atoms with van der Waals surface area (Å²) in [6.07, 6.45) is 9.41. The van der Waals surface area contributed by atoms with Gasteiger partial charge in [-0.05, 0) is 41.9 Å². The summed E-state index contributed by atoms with van der Waals surface area (Å²) in [4.78, 5) is 11.0. The van der Waals surface area contributed by atoms with Gasteiger partial charge in [-0.15, -0.1) is 0 Å². The van der Waals surface area contributed by atoms with E-state index < -0.39 is 0 Å². The van der Waals surface area contributed by atoms with Gasteiger partial charge in [-0.3, -0.25) is 0 Å². The predicted octanol–water partition coefficient (Wildman–Crippen LogP) is 4.37. The van der Waals surface area contributed by atoms with Crippen LogP contribution in [0.15, 0.2) is 11.6 Å². The molecule has 3 atom stereocenters. The topological polar surface area (TPSA) is 17.1 Å². The van der Waals surface area contributed by atoms with Crippen LogP contribution in [0.3, 0.4) is 0 Å². The number of allylic oxidation sites excluding steroid dienone is 2. The summed E-state index contributed by atoms with van der Waals surface area (Å²) in [5.41, 5.74) is 2.20. The van der Waals surface area contributed by atoms with Gasteiger partial charge in [0, 0.05) is 6.42 Å². The minimum Gasteiger partial charge on any atom is -0.303 e. The van der Waals surface area contributed by atoms with Crippen molar-refractivity contribution >= 4 is 6.29 Å². The van der Waals surface area contributed by atoms with Crippen LogP contribution in [-0.2, 0) is 4.79 Å². The highest BCUT2D eigenvalue weighted by Crippen LogP contribution is 2.57. The van der Waals surface area contributed by atoms with Crippen molar-refractivity contribution in [1.82, 2.24) is 0 Å². The molecule has 0 aromatic carbocycles. The standard InChI is InChI=1S/C16H26O/c1-12-7-8-13-14(16(12,4)10-11-17)6-5-9-15(13,2)3/h8,11-12,14H,5-7,9-10H2,1-4H3/t12-,14-,16+/m1/s1. The first-order valence-corrected chi connectivity index (χ1v) is 7.06. The Morgan fingerprint density at radius 2 is 2.12 bits per heavy atom. The van der Waals surface area contributed by atoms with Gasteiger partial charge in [-0.25, -0.2) is 0 Å². The second-order valence-corrected chi connectivity index (χ2v) is 7.00. The zero-order chi connectivity index (χ0) is 12.7. The molecule has 17 heavy (non-hydrogen) atoms. The summed E-state index contributed by atoms with van der Waals surface area (Å²) in [7, 11) is 0. The normalized spacial score (nSPS) is 40.4. The van der Waals surface area contributed by atoms with Crippen molar-refractivity contribution in [2.24, 2.45) is 22.7 Å². The van der Waals surface area contributed by atoms with Crippen LogP contribution < -0.4 is 0 Å². The molecule has 2 aliphatic rings. The number of rotatable bonds is 2. The van der Waals surface area contributed by atoms with Crippen LogP contribution in [0.25, 0.3) is 0 Å². The fraction of sp³-hybridized carbons (Fsp3) is 0.812. The van der Waals surface area contributed by atoms with Gasteiger partial charge in [0.25, 0.3) is 0 Å². The lowest BCUT2D eigenvalue weighted by Gasteiger charge is -2.52. The van der Waals surface area contributed by atoms with Crippen molar-refractivity contribution in [3.63, 3.8) is 0 Å². The van der Waals surface area contributed by atoms with E-state index in [1.165, 1.54) is 19.3 Å². The quantitative estimate of drug-likeness (QED) is 0.512. The molecule has 0 bridgehead atoms. The first kappa shape index (κ1) is 12.9. The van der Waals surface area contributed by atoms with Crippen molar-refractivity contribution in [3.05, 3.63) is 11.6 Å². The van der Waals surface area contributed by atoms with Gasteiger partial charge < -0.3 is 4.79 Å². The molecule has 0 aromatic heterocycles. The van der Waals surface area contributed by atoms with E-state index in [-0.39, 0.29) is 5.41 Å². The third kappa shape index (κ3) is 1.98. The zero-order valence-corrected chi connectivity index (χ0v) is 11.8. The molecule has 0 spiro atoms. The Kier molecular flexibility index (Phi) is 3.22. The van der Waals surface area contributed by atoms with Crippen molar-refractivity contribution < 1.29 is 4.79 Å². The smallest absolute Gasteiger partial charge is 0.120 e. The number of aldehydes is 1. The van der Waals surface area contributed by atoms with Crippen LogP contribution >= 0.6 is 0 Å². The fourth-order valence-corrected chi connectivity index (χ4v) is 4.06. The molecule has 0 amide bonds. The highest BCUT2D eigenvalue weighted by molar-refractivity contribution is 5.51. The number of carbonyl (C=O) groups is 1. The van der Waals surface area contributed by atoms with Crippen LogP contribution in [0.1, 0.15) is 59.8 Å². The minimum atomic E-state index is 0.198. The van der Waals surface area contributed by atoms with E-state index >= 15 is 0 Å². The molecule has 0 saturated heterocycles. The molecule has 2 rings (SSSR count). The third-order valence-corrected chi connectivity index (χ3v) is 5.59. The van der Waals surface area contributed by atoms with E-state index in [9.17, 15) is 4.79 Å². The first-order chi connectivity index (χ1) is 7.92. The van der Waals surface area contributed by atoms with Crippen molar-refractivity contribution in [1.29, 1.82) is 0 Å². The Morgan fingerprint density at radius 3 is 2.76 bits per heavy atom. The lowest BCUT2D eigenvalue weighted by atomic mass is 9.52. The molecular weight excluding hydrogens is 208 g/mol. The highest BCUT2D eigenvalue weighted by atomic mass is 16.1. The largest absolute Gasteiger partial charge is 0.303 e. The van der Waals surface area contributed by atoms with Crippen LogP contribution in [0.5, 0.6) is 0 Å². The summed E-state index contributed by atoms with van der Waals surface area (Å²) in [5.74, 6) is 1.27. The van der Waals surface area contributed by atoms with Crippen molar-refractivity contribution in [2.75, 3.05) is 0 Å². The second-order valence-electron chi connectivity index (χ2n) is 7.00. The predicted molar refractivity (Wildman–Crippen MR) is 71.8 cm³/mol. The fourth-order valence-electron chi connectivity index (χ4n) is 4.06. The van der Waals surface area contributed by atoms with Crippen LogP contribution in [-0.4, -0.2) is 6.29 Å². The lowest BCUT2D eigenvalue weighted by Crippen LogP contribution is -2.43. The molecule has 96 valence electrons. The molecule has 2 aliphatic carbocycles. The molecule has 0 unspecified atom stereocenters. The Balaban J connectivity index is 2.38. The van der Waals surface area contributed by atoms with Crippen molar-refractivity contribution in [3.8, 4) is 0 Å².